The van der Waals surface area contributed by atoms with Crippen LogP contribution in [0.1, 0.15) is 12.8 Å². The quantitative estimate of drug-likeness (QED) is 0.0359. The average Bonchev–Trinajstić information content (AvgIpc) is 2.89. The van der Waals surface area contributed by atoms with Crippen molar-refractivity contribution in [2.24, 2.45) is 5.73 Å². The average molecular weight is 603 g/mol. The van der Waals surface area contributed by atoms with Crippen LogP contribution in [0.5, 0.6) is 0 Å². The molecule has 0 atom stereocenters. The Hall–Kier alpha value is -0.530. The highest BCUT2D eigenvalue weighted by Crippen LogP contribution is 2.32. The number of hydrogen-bond acceptors (Lipinski definition) is 12. The van der Waals surface area contributed by atoms with Crippen LogP contribution in [-0.4, -0.2) is 127 Å². The molecule has 0 unspecified atom stereocenters. The maximum absolute atomic E-state index is 11.9. The van der Waals surface area contributed by atoms with Crippen molar-refractivity contribution in [2.75, 3.05) is 113 Å². The van der Waals surface area contributed by atoms with Gasteiger partial charge in [-0.2, -0.15) is 13.2 Å². The second-order valence-electron chi connectivity index (χ2n) is 6.96. The van der Waals surface area contributed by atoms with Crippen molar-refractivity contribution < 1.29 is 50.6 Å². The van der Waals surface area contributed by atoms with Gasteiger partial charge in [-0.1, -0.05) is 11.9 Å². The van der Waals surface area contributed by atoms with E-state index in [1.807, 2.05) is 0 Å². The first-order chi connectivity index (χ1) is 18.4. The maximum atomic E-state index is 11.9. The summed E-state index contributed by atoms with van der Waals surface area (Å²) in [5, 5.41) is 3.03. The summed E-state index contributed by atoms with van der Waals surface area (Å²) in [7, 11) is 4.79. The van der Waals surface area contributed by atoms with E-state index >= 15 is 0 Å². The molecule has 0 saturated carbocycles. The van der Waals surface area contributed by atoms with Crippen molar-refractivity contribution in [3.8, 4) is 0 Å². The van der Waals surface area contributed by atoms with E-state index in [9.17, 15) is 13.2 Å². The van der Waals surface area contributed by atoms with Gasteiger partial charge in [0.2, 0.25) is 6.26 Å². The Morgan fingerprint density at radius 2 is 1.39 bits per heavy atom. The van der Waals surface area contributed by atoms with E-state index in [-0.39, 0.29) is 0 Å². The minimum absolute atomic E-state index is 0.489. The van der Waals surface area contributed by atoms with Crippen LogP contribution in [0.3, 0.4) is 0 Å². The molecule has 0 aliphatic carbocycles. The van der Waals surface area contributed by atoms with Crippen LogP contribution in [0.4, 0.5) is 13.2 Å². The normalized spacial score (nSPS) is 11.7. The highest BCUT2D eigenvalue weighted by Gasteiger charge is 2.31. The number of alkyl halides is 3. The topological polar surface area (TPSA) is 119 Å². The van der Waals surface area contributed by atoms with Gasteiger partial charge in [-0.3, -0.25) is 0 Å². The Bertz CT molecular complexity index is 486. The standard InChI is InChI=1S/C17H33F3N2O6S2.C5H13NO2/c1-22(28-30-17(18,19)20)29-16-4-3-7-24-10-12-26-14-15-27-13-11-25-9-6-21-5-8-23-2;1-7-4-5-8-3-2-6/h5,8,21H,3-4,6-7,9-16H2,1-2H3;2-6H2,1H3/p+1/b8-5-;. The Labute approximate surface area is 233 Å². The van der Waals surface area contributed by atoms with Gasteiger partial charge in [0.15, 0.2) is 7.11 Å². The molecule has 0 amide bonds. The van der Waals surface area contributed by atoms with Crippen molar-refractivity contribution >= 4 is 24.0 Å². The van der Waals surface area contributed by atoms with Crippen LogP contribution >= 0.6 is 24.0 Å². The SMILES string of the molecule is COCCOCCN.C[OH+]/C=C\NCCOCCOCCOCCOCCCCSN(C)OSC(F)(F)F. The number of hydroxylamine groups is 1. The molecule has 0 aliphatic rings. The third kappa shape index (κ3) is 40.0. The van der Waals surface area contributed by atoms with Gasteiger partial charge < -0.3 is 44.2 Å². The molecule has 38 heavy (non-hydrogen) atoms. The second kappa shape index (κ2) is 32.7. The molecule has 0 radical (unpaired) electrons. The lowest BCUT2D eigenvalue weighted by Gasteiger charge is -2.14. The number of nitrogens with one attached hydrogen (secondary N) is 1. The first-order valence-electron chi connectivity index (χ1n) is 12.2. The number of aliphatic hydroxyl groups is 2. The van der Waals surface area contributed by atoms with Gasteiger partial charge in [0.1, 0.15) is 12.0 Å². The zero-order valence-electron chi connectivity index (χ0n) is 22.7. The molecular weight excluding hydrogens is 555 g/mol. The number of unbranched alkanes of at least 4 members (excludes halogenated alkanes) is 1. The van der Waals surface area contributed by atoms with E-state index < -0.39 is 17.6 Å². The molecule has 0 aliphatic heterocycles. The Morgan fingerprint density at radius 3 is 1.95 bits per heavy atom. The summed E-state index contributed by atoms with van der Waals surface area (Å²) < 4.78 is 76.5. The van der Waals surface area contributed by atoms with Crippen molar-refractivity contribution in [3.05, 3.63) is 12.5 Å². The third-order valence-corrected chi connectivity index (χ3v) is 5.23. The summed E-state index contributed by atoms with van der Waals surface area (Å²) in [5.74, 6) is 0.651. The molecule has 0 bridgehead atoms. The largest absolute Gasteiger partial charge is 0.589 e. The van der Waals surface area contributed by atoms with Gasteiger partial charge in [0.05, 0.1) is 72.3 Å². The predicted octanol–water partition coefficient (Wildman–Crippen LogP) is 2.34. The van der Waals surface area contributed by atoms with Crippen LogP contribution in [0, 0.1) is 0 Å². The summed E-state index contributed by atoms with van der Waals surface area (Å²) in [4.78, 5) is 0. The Morgan fingerprint density at radius 1 is 0.842 bits per heavy atom. The fourth-order valence-electron chi connectivity index (χ4n) is 2.05. The number of rotatable bonds is 27. The van der Waals surface area contributed by atoms with E-state index in [1.165, 1.54) is 19.0 Å². The number of methoxy groups -OCH3 is 1. The molecule has 230 valence electrons. The van der Waals surface area contributed by atoms with E-state index in [0.717, 1.165) is 23.9 Å². The van der Waals surface area contributed by atoms with Crippen LogP contribution < -0.4 is 11.1 Å². The Balaban J connectivity index is 0. The monoisotopic (exact) mass is 602 g/mol. The number of nitrogens with two attached hydrogens (primary N) is 1. The second-order valence-corrected chi connectivity index (χ2v) is 8.91. The van der Waals surface area contributed by atoms with Crippen molar-refractivity contribution in [3.63, 3.8) is 0 Å². The van der Waals surface area contributed by atoms with Crippen LogP contribution in [0.25, 0.3) is 0 Å². The lowest BCUT2D eigenvalue weighted by molar-refractivity contribution is -0.0488. The summed E-state index contributed by atoms with van der Waals surface area (Å²) in [5.41, 5.74) is 0.748. The Kier molecular flexibility index (Phi) is 34.1. The molecule has 0 aromatic heterocycles. The molecule has 0 fully saturated rings. The zero-order chi connectivity index (χ0) is 28.6. The van der Waals surface area contributed by atoms with E-state index in [2.05, 4.69) is 14.3 Å². The predicted molar refractivity (Wildman–Crippen MR) is 144 cm³/mol. The molecule has 4 N–H and O–H groups in total. The van der Waals surface area contributed by atoms with Gasteiger partial charge in [-0.25, -0.2) is 4.28 Å². The maximum Gasteiger partial charge on any atom is 0.469 e. The molecule has 16 heteroatoms. The number of nitrogens with zero attached hydrogens (tertiary/aromatic N) is 1. The fraction of sp³-hybridized carbons (Fsp3) is 0.909. The summed E-state index contributed by atoms with van der Waals surface area (Å²) >= 11 is 0.662. The van der Waals surface area contributed by atoms with Crippen molar-refractivity contribution in [1.29, 1.82) is 0 Å². The van der Waals surface area contributed by atoms with Gasteiger partial charge in [0.25, 0.3) is 0 Å². The summed E-state index contributed by atoms with van der Waals surface area (Å²) in [6.45, 7) is 7.46. The molecule has 0 rings (SSSR count). The number of ether oxygens (including phenoxy) is 7. The lowest BCUT2D eigenvalue weighted by atomic mass is 10.4. The first-order valence-corrected chi connectivity index (χ1v) is 13.9. The minimum Gasteiger partial charge on any atom is -0.589 e. The molecule has 0 aromatic carbocycles. The third-order valence-electron chi connectivity index (χ3n) is 3.74. The highest BCUT2D eigenvalue weighted by atomic mass is 32.2. The summed E-state index contributed by atoms with van der Waals surface area (Å²) in [6, 6.07) is 0. The molecule has 0 spiro atoms. The van der Waals surface area contributed by atoms with Crippen molar-refractivity contribution in [1.82, 2.24) is 9.79 Å². The molecule has 0 heterocycles. The molecular formula is C22H47F3N3O8S2+. The van der Waals surface area contributed by atoms with Crippen LogP contribution in [0.15, 0.2) is 12.5 Å². The number of halogens is 3. The smallest absolute Gasteiger partial charge is 0.469 e. The fourth-order valence-corrected chi connectivity index (χ4v) is 3.09. The van der Waals surface area contributed by atoms with Crippen molar-refractivity contribution in [2.45, 2.75) is 18.3 Å². The van der Waals surface area contributed by atoms with E-state index in [1.54, 1.807) is 26.7 Å². The molecule has 0 aromatic rings. The first kappa shape index (κ1) is 39.6. The lowest BCUT2D eigenvalue weighted by Crippen LogP contribution is -2.16. The van der Waals surface area contributed by atoms with Gasteiger partial charge in [0, 0.05) is 39.6 Å². The zero-order valence-corrected chi connectivity index (χ0v) is 24.4. The molecule has 0 saturated heterocycles. The van der Waals surface area contributed by atoms with Crippen LogP contribution in [0.2, 0.25) is 0 Å². The molecule has 11 nitrogen and oxygen atoms in total. The van der Waals surface area contributed by atoms with Gasteiger partial charge in [-0.15, -0.1) is 4.47 Å². The van der Waals surface area contributed by atoms with Gasteiger partial charge in [-0.05, 0) is 12.8 Å². The van der Waals surface area contributed by atoms with E-state index in [4.69, 9.17) is 34.2 Å². The number of hydrogen-bond donors (Lipinski definition) is 2. The summed E-state index contributed by atoms with van der Waals surface area (Å²) in [6.07, 6.45) is 5.07. The van der Waals surface area contributed by atoms with Gasteiger partial charge >= 0.3 is 5.51 Å². The van der Waals surface area contributed by atoms with E-state index in [0.29, 0.717) is 85.0 Å². The van der Waals surface area contributed by atoms with Crippen LogP contribution in [-0.2, 0) is 32.7 Å². The minimum atomic E-state index is -4.40. The highest BCUT2D eigenvalue weighted by molar-refractivity contribution is 7.98.